The maximum Gasteiger partial charge on any atom is 0.264 e. The lowest BCUT2D eigenvalue weighted by molar-refractivity contribution is -0.115. The number of para-hydroxylation sites is 1. The van der Waals surface area contributed by atoms with Crippen LogP contribution in [0.1, 0.15) is 5.56 Å². The Labute approximate surface area is 135 Å². The van der Waals surface area contributed by atoms with E-state index in [1.807, 2.05) is 60.7 Å². The van der Waals surface area contributed by atoms with Crippen molar-refractivity contribution in [1.82, 2.24) is 5.32 Å². The fraction of sp³-hybridized carbons (Fsp3) is 0. The highest BCUT2D eigenvalue weighted by atomic mass is 79.9. The monoisotopic (exact) mass is 358 g/mol. The number of aliphatic imine (C=N–C) groups is 1. The molecule has 1 heterocycles. The molecular formula is C16H11BrN2OS. The van der Waals surface area contributed by atoms with Crippen LogP contribution in [0.25, 0.3) is 6.08 Å². The summed E-state index contributed by atoms with van der Waals surface area (Å²) in [4.78, 5) is 17.1. The first kappa shape index (κ1) is 14.1. The molecule has 1 aliphatic heterocycles. The summed E-state index contributed by atoms with van der Waals surface area (Å²) in [5, 5.41) is 3.38. The van der Waals surface area contributed by atoms with Crippen LogP contribution in [-0.2, 0) is 4.79 Å². The van der Waals surface area contributed by atoms with Crippen LogP contribution in [0.2, 0.25) is 0 Å². The van der Waals surface area contributed by atoms with E-state index in [2.05, 4.69) is 26.2 Å². The van der Waals surface area contributed by atoms with E-state index >= 15 is 0 Å². The van der Waals surface area contributed by atoms with Gasteiger partial charge in [0.2, 0.25) is 0 Å². The average Bonchev–Trinajstić information content (AvgIpc) is 2.82. The smallest absolute Gasteiger partial charge is 0.264 e. The van der Waals surface area contributed by atoms with Gasteiger partial charge in [0.15, 0.2) is 5.17 Å². The largest absolute Gasteiger partial charge is 0.300 e. The Kier molecular flexibility index (Phi) is 4.22. The van der Waals surface area contributed by atoms with Crippen molar-refractivity contribution < 1.29 is 4.79 Å². The van der Waals surface area contributed by atoms with Crippen molar-refractivity contribution in [3.8, 4) is 0 Å². The molecule has 21 heavy (non-hydrogen) atoms. The van der Waals surface area contributed by atoms with Gasteiger partial charge >= 0.3 is 0 Å². The SMILES string of the molecule is O=C1NC(=Nc2ccccc2Br)S/C1=C\c1ccccc1. The van der Waals surface area contributed by atoms with E-state index in [4.69, 9.17) is 0 Å². The molecule has 1 amide bonds. The van der Waals surface area contributed by atoms with Crippen molar-refractivity contribution in [1.29, 1.82) is 0 Å². The first-order valence-electron chi connectivity index (χ1n) is 6.31. The van der Waals surface area contributed by atoms with Gasteiger partial charge in [-0.1, -0.05) is 42.5 Å². The van der Waals surface area contributed by atoms with Crippen LogP contribution >= 0.6 is 27.7 Å². The predicted molar refractivity (Wildman–Crippen MR) is 91.4 cm³/mol. The van der Waals surface area contributed by atoms with Crippen LogP contribution in [-0.4, -0.2) is 11.1 Å². The van der Waals surface area contributed by atoms with Gasteiger partial charge in [-0.25, -0.2) is 4.99 Å². The molecule has 0 spiro atoms. The number of hydrogen-bond donors (Lipinski definition) is 1. The van der Waals surface area contributed by atoms with E-state index in [0.29, 0.717) is 10.1 Å². The zero-order chi connectivity index (χ0) is 14.7. The number of nitrogens with zero attached hydrogens (tertiary/aromatic N) is 1. The molecule has 0 aliphatic carbocycles. The minimum Gasteiger partial charge on any atom is -0.300 e. The van der Waals surface area contributed by atoms with Crippen LogP contribution in [0, 0.1) is 0 Å². The van der Waals surface area contributed by atoms with Gasteiger partial charge in [0.05, 0.1) is 10.6 Å². The van der Waals surface area contributed by atoms with Gasteiger partial charge in [0.25, 0.3) is 5.91 Å². The maximum absolute atomic E-state index is 12.0. The van der Waals surface area contributed by atoms with Gasteiger partial charge in [-0.05, 0) is 51.5 Å². The molecule has 0 atom stereocenters. The van der Waals surface area contributed by atoms with Gasteiger partial charge in [-0.2, -0.15) is 0 Å². The van der Waals surface area contributed by atoms with E-state index < -0.39 is 0 Å². The second-order valence-corrected chi connectivity index (χ2v) is 6.23. The summed E-state index contributed by atoms with van der Waals surface area (Å²) in [7, 11) is 0. The Morgan fingerprint density at radius 3 is 2.52 bits per heavy atom. The Hall–Kier alpha value is -1.85. The van der Waals surface area contributed by atoms with Gasteiger partial charge in [0.1, 0.15) is 0 Å². The van der Waals surface area contributed by atoms with Gasteiger partial charge in [-0.15, -0.1) is 0 Å². The van der Waals surface area contributed by atoms with Crippen molar-refractivity contribution in [3.05, 3.63) is 69.5 Å². The maximum atomic E-state index is 12.0. The second kappa shape index (κ2) is 6.28. The molecule has 0 aromatic heterocycles. The van der Waals surface area contributed by atoms with Gasteiger partial charge in [0, 0.05) is 4.47 Å². The fourth-order valence-corrected chi connectivity index (χ4v) is 3.04. The third-order valence-corrected chi connectivity index (χ3v) is 4.40. The number of hydrogen-bond acceptors (Lipinski definition) is 3. The normalized spacial score (nSPS) is 18.2. The number of thioether (sulfide) groups is 1. The summed E-state index contributed by atoms with van der Waals surface area (Å²) in [6.45, 7) is 0. The molecule has 1 aliphatic rings. The lowest BCUT2D eigenvalue weighted by atomic mass is 10.2. The molecule has 0 bridgehead atoms. The standard InChI is InChI=1S/C16H11BrN2OS/c17-12-8-4-5-9-13(12)18-16-19-15(20)14(21-16)10-11-6-2-1-3-7-11/h1-10H,(H,18,19,20)/b14-10-. The number of halogens is 1. The molecule has 0 saturated carbocycles. The van der Waals surface area contributed by atoms with Crippen molar-refractivity contribution in [2.75, 3.05) is 0 Å². The summed E-state index contributed by atoms with van der Waals surface area (Å²) >= 11 is 4.79. The van der Waals surface area contributed by atoms with Gasteiger partial charge < -0.3 is 5.32 Å². The van der Waals surface area contributed by atoms with E-state index in [1.165, 1.54) is 11.8 Å². The third kappa shape index (κ3) is 3.43. The zero-order valence-electron chi connectivity index (χ0n) is 10.9. The van der Waals surface area contributed by atoms with Crippen LogP contribution in [0.5, 0.6) is 0 Å². The molecule has 3 rings (SSSR count). The van der Waals surface area contributed by atoms with E-state index in [9.17, 15) is 4.79 Å². The lowest BCUT2D eigenvalue weighted by Crippen LogP contribution is -2.19. The lowest BCUT2D eigenvalue weighted by Gasteiger charge is -1.98. The van der Waals surface area contributed by atoms with E-state index in [0.717, 1.165) is 15.7 Å². The molecule has 3 nitrogen and oxygen atoms in total. The Morgan fingerprint density at radius 1 is 1.05 bits per heavy atom. The topological polar surface area (TPSA) is 41.5 Å². The quantitative estimate of drug-likeness (QED) is 0.811. The molecule has 104 valence electrons. The number of benzene rings is 2. The summed E-state index contributed by atoms with van der Waals surface area (Å²) in [6, 6.07) is 17.4. The summed E-state index contributed by atoms with van der Waals surface area (Å²) in [6.07, 6.45) is 1.86. The average molecular weight is 359 g/mol. The number of carbonyl (C=O) groups excluding carboxylic acids is 1. The van der Waals surface area contributed by atoms with Gasteiger partial charge in [-0.3, -0.25) is 4.79 Å². The molecular weight excluding hydrogens is 348 g/mol. The fourth-order valence-electron chi connectivity index (χ4n) is 1.83. The molecule has 0 radical (unpaired) electrons. The number of nitrogens with one attached hydrogen (secondary N) is 1. The molecule has 2 aromatic carbocycles. The van der Waals surface area contributed by atoms with E-state index in [-0.39, 0.29) is 5.91 Å². The minimum atomic E-state index is -0.116. The molecule has 1 saturated heterocycles. The van der Waals surface area contributed by atoms with E-state index in [1.54, 1.807) is 0 Å². The van der Waals surface area contributed by atoms with Crippen LogP contribution in [0.3, 0.4) is 0 Å². The highest BCUT2D eigenvalue weighted by molar-refractivity contribution is 9.10. The highest BCUT2D eigenvalue weighted by Gasteiger charge is 2.23. The van der Waals surface area contributed by atoms with Crippen molar-refractivity contribution in [2.24, 2.45) is 4.99 Å². The predicted octanol–water partition coefficient (Wildman–Crippen LogP) is 4.34. The zero-order valence-corrected chi connectivity index (χ0v) is 13.3. The molecule has 1 fully saturated rings. The van der Waals surface area contributed by atoms with Crippen LogP contribution < -0.4 is 5.32 Å². The highest BCUT2D eigenvalue weighted by Crippen LogP contribution is 2.30. The number of carbonyl (C=O) groups is 1. The minimum absolute atomic E-state index is 0.116. The third-order valence-electron chi connectivity index (χ3n) is 2.82. The molecule has 1 N–H and O–H groups in total. The van der Waals surface area contributed by atoms with Crippen LogP contribution in [0.15, 0.2) is 69.0 Å². The first-order valence-corrected chi connectivity index (χ1v) is 7.92. The number of rotatable bonds is 2. The molecule has 5 heteroatoms. The van der Waals surface area contributed by atoms with Crippen molar-refractivity contribution in [3.63, 3.8) is 0 Å². The number of amidine groups is 1. The summed E-state index contributed by atoms with van der Waals surface area (Å²) in [5.74, 6) is -0.116. The number of amides is 1. The summed E-state index contributed by atoms with van der Waals surface area (Å²) in [5.41, 5.74) is 1.79. The Bertz CT molecular complexity index is 741. The van der Waals surface area contributed by atoms with Crippen molar-refractivity contribution >= 4 is 50.5 Å². The van der Waals surface area contributed by atoms with Crippen LogP contribution in [0.4, 0.5) is 5.69 Å². The second-order valence-electron chi connectivity index (χ2n) is 4.34. The molecule has 2 aromatic rings. The first-order chi connectivity index (χ1) is 10.2. The van der Waals surface area contributed by atoms with Crippen molar-refractivity contribution in [2.45, 2.75) is 0 Å². The Balaban J connectivity index is 1.85. The Morgan fingerprint density at radius 2 is 1.76 bits per heavy atom. The molecule has 0 unspecified atom stereocenters. The summed E-state index contributed by atoms with van der Waals surface area (Å²) < 4.78 is 0.896.